The van der Waals surface area contributed by atoms with Crippen molar-refractivity contribution in [2.45, 2.75) is 32.1 Å². The summed E-state index contributed by atoms with van der Waals surface area (Å²) in [6.07, 6.45) is 6.07. The molecule has 0 amide bonds. The molecule has 3 heteroatoms. The summed E-state index contributed by atoms with van der Waals surface area (Å²) < 4.78 is 3.20. The van der Waals surface area contributed by atoms with Crippen molar-refractivity contribution in [3.8, 4) is 0 Å². The molecule has 1 aliphatic rings. The lowest BCUT2D eigenvalue weighted by Crippen LogP contribution is -2.12. The molecular formula is C12H13BrN2. The van der Waals surface area contributed by atoms with E-state index in [0.717, 1.165) is 4.60 Å². The molecule has 2 aromatic heterocycles. The van der Waals surface area contributed by atoms with Gasteiger partial charge in [-0.2, -0.15) is 0 Å². The Morgan fingerprint density at radius 1 is 1.47 bits per heavy atom. The van der Waals surface area contributed by atoms with E-state index in [4.69, 9.17) is 0 Å². The molecule has 3 rings (SSSR count). The summed E-state index contributed by atoms with van der Waals surface area (Å²) in [5.41, 5.74) is 2.47. The molecule has 0 spiro atoms. The molecule has 0 bridgehead atoms. The lowest BCUT2D eigenvalue weighted by atomic mass is 9.85. The average molecular weight is 265 g/mol. The Morgan fingerprint density at radius 2 is 2.27 bits per heavy atom. The number of pyridine rings is 1. The molecule has 0 unspecified atom stereocenters. The first-order chi connectivity index (χ1) is 7.25. The van der Waals surface area contributed by atoms with Gasteiger partial charge in [-0.3, -0.25) is 0 Å². The summed E-state index contributed by atoms with van der Waals surface area (Å²) in [5.74, 6) is 1.90. The first kappa shape index (κ1) is 9.40. The van der Waals surface area contributed by atoms with Gasteiger partial charge in [0.1, 0.15) is 10.4 Å². The molecule has 2 aromatic rings. The number of hydrogen-bond acceptors (Lipinski definition) is 1. The highest BCUT2D eigenvalue weighted by molar-refractivity contribution is 9.10. The van der Waals surface area contributed by atoms with Crippen LogP contribution in [0.25, 0.3) is 5.52 Å². The smallest absolute Gasteiger partial charge is 0.132 e. The van der Waals surface area contributed by atoms with Crippen LogP contribution in [0.4, 0.5) is 0 Å². The Bertz CT molecular complexity index is 512. The standard InChI is InChI=1S/C12H13BrN2/c1-8-5-6-15-10(7-8)11(13)14-12(15)9-3-2-4-9/h5-7,9H,2-4H2,1H3. The summed E-state index contributed by atoms with van der Waals surface area (Å²) in [5, 5.41) is 0. The SMILES string of the molecule is Cc1ccn2c(C3CCC3)nc(Br)c2c1. The van der Waals surface area contributed by atoms with E-state index in [1.807, 2.05) is 0 Å². The van der Waals surface area contributed by atoms with Gasteiger partial charge < -0.3 is 4.40 Å². The highest BCUT2D eigenvalue weighted by atomic mass is 79.9. The van der Waals surface area contributed by atoms with Crippen molar-refractivity contribution in [3.63, 3.8) is 0 Å². The number of aromatic nitrogens is 2. The van der Waals surface area contributed by atoms with Gasteiger partial charge in [0.05, 0.1) is 5.52 Å². The molecule has 2 nitrogen and oxygen atoms in total. The van der Waals surface area contributed by atoms with Crippen LogP contribution in [0.3, 0.4) is 0 Å². The summed E-state index contributed by atoms with van der Waals surface area (Å²) in [6.45, 7) is 2.11. The Kier molecular flexibility index (Phi) is 2.09. The van der Waals surface area contributed by atoms with Gasteiger partial charge >= 0.3 is 0 Å². The van der Waals surface area contributed by atoms with Crippen LogP contribution in [-0.4, -0.2) is 9.38 Å². The minimum atomic E-state index is 0.673. The molecule has 1 saturated carbocycles. The Labute approximate surface area is 97.5 Å². The number of hydrogen-bond donors (Lipinski definition) is 0. The average Bonchev–Trinajstić information content (AvgIpc) is 2.41. The molecule has 1 aliphatic carbocycles. The van der Waals surface area contributed by atoms with Crippen molar-refractivity contribution in [1.29, 1.82) is 0 Å². The lowest BCUT2D eigenvalue weighted by Gasteiger charge is -2.23. The van der Waals surface area contributed by atoms with Crippen molar-refractivity contribution in [3.05, 3.63) is 34.3 Å². The van der Waals surface area contributed by atoms with E-state index in [0.29, 0.717) is 5.92 Å². The predicted molar refractivity (Wildman–Crippen MR) is 64.2 cm³/mol. The van der Waals surface area contributed by atoms with Gasteiger partial charge in [0, 0.05) is 12.1 Å². The predicted octanol–water partition coefficient (Wildman–Crippen LogP) is 3.67. The third-order valence-corrected chi connectivity index (χ3v) is 3.84. The number of fused-ring (bicyclic) bond motifs is 1. The van der Waals surface area contributed by atoms with Crippen molar-refractivity contribution in [2.75, 3.05) is 0 Å². The molecule has 15 heavy (non-hydrogen) atoms. The number of nitrogens with zero attached hydrogens (tertiary/aromatic N) is 2. The van der Waals surface area contributed by atoms with Gasteiger partial charge in [0.2, 0.25) is 0 Å². The maximum atomic E-state index is 4.63. The summed E-state index contributed by atoms with van der Waals surface area (Å²) in [6, 6.07) is 4.32. The van der Waals surface area contributed by atoms with E-state index in [1.165, 1.54) is 36.2 Å². The van der Waals surface area contributed by atoms with Gasteiger partial charge in [-0.15, -0.1) is 0 Å². The molecular weight excluding hydrogens is 252 g/mol. The van der Waals surface area contributed by atoms with Crippen LogP contribution in [0, 0.1) is 6.92 Å². The van der Waals surface area contributed by atoms with Crippen molar-refractivity contribution in [2.24, 2.45) is 0 Å². The van der Waals surface area contributed by atoms with Crippen LogP contribution >= 0.6 is 15.9 Å². The molecule has 1 fully saturated rings. The fraction of sp³-hybridized carbons (Fsp3) is 0.417. The highest BCUT2D eigenvalue weighted by Gasteiger charge is 2.24. The number of aryl methyl sites for hydroxylation is 1. The molecule has 0 atom stereocenters. The van der Waals surface area contributed by atoms with Crippen LogP contribution < -0.4 is 0 Å². The fourth-order valence-corrected chi connectivity index (χ4v) is 2.62. The van der Waals surface area contributed by atoms with Gasteiger partial charge in [-0.25, -0.2) is 4.98 Å². The van der Waals surface area contributed by atoms with E-state index in [-0.39, 0.29) is 0 Å². The molecule has 0 aromatic carbocycles. The Morgan fingerprint density at radius 3 is 2.93 bits per heavy atom. The molecule has 0 saturated heterocycles. The zero-order valence-corrected chi connectivity index (χ0v) is 10.3. The monoisotopic (exact) mass is 264 g/mol. The van der Waals surface area contributed by atoms with E-state index in [1.54, 1.807) is 0 Å². The van der Waals surface area contributed by atoms with E-state index < -0.39 is 0 Å². The van der Waals surface area contributed by atoms with E-state index in [2.05, 4.69) is 50.6 Å². The van der Waals surface area contributed by atoms with Gasteiger partial charge in [0.15, 0.2) is 0 Å². The van der Waals surface area contributed by atoms with Gasteiger partial charge in [-0.05, 0) is 53.4 Å². The number of halogens is 1. The zero-order valence-electron chi connectivity index (χ0n) is 8.70. The number of rotatable bonds is 1. The molecule has 0 radical (unpaired) electrons. The van der Waals surface area contributed by atoms with Crippen molar-refractivity contribution >= 4 is 21.4 Å². The van der Waals surface area contributed by atoms with Crippen LogP contribution in [0.1, 0.15) is 36.6 Å². The van der Waals surface area contributed by atoms with Crippen LogP contribution in [-0.2, 0) is 0 Å². The third-order valence-electron chi connectivity index (χ3n) is 3.25. The van der Waals surface area contributed by atoms with Crippen LogP contribution in [0.15, 0.2) is 22.9 Å². The summed E-state index contributed by atoms with van der Waals surface area (Å²) >= 11 is 3.54. The van der Waals surface area contributed by atoms with Gasteiger partial charge in [-0.1, -0.05) is 6.42 Å². The maximum Gasteiger partial charge on any atom is 0.132 e. The summed E-state index contributed by atoms with van der Waals surface area (Å²) in [7, 11) is 0. The second-order valence-electron chi connectivity index (χ2n) is 4.35. The number of imidazole rings is 1. The normalized spacial score (nSPS) is 16.9. The first-order valence-corrected chi connectivity index (χ1v) is 6.19. The second kappa shape index (κ2) is 3.34. The van der Waals surface area contributed by atoms with E-state index in [9.17, 15) is 0 Å². The van der Waals surface area contributed by atoms with Gasteiger partial charge in [0.25, 0.3) is 0 Å². The molecule has 0 N–H and O–H groups in total. The largest absolute Gasteiger partial charge is 0.302 e. The lowest BCUT2D eigenvalue weighted by molar-refractivity contribution is 0.400. The quantitative estimate of drug-likeness (QED) is 0.769. The molecule has 78 valence electrons. The second-order valence-corrected chi connectivity index (χ2v) is 5.10. The minimum absolute atomic E-state index is 0.673. The van der Waals surface area contributed by atoms with E-state index >= 15 is 0 Å². The third kappa shape index (κ3) is 1.41. The summed E-state index contributed by atoms with van der Waals surface area (Å²) in [4.78, 5) is 4.63. The highest BCUT2D eigenvalue weighted by Crippen LogP contribution is 2.37. The van der Waals surface area contributed by atoms with Crippen LogP contribution in [0.2, 0.25) is 0 Å². The Hall–Kier alpha value is -0.830. The van der Waals surface area contributed by atoms with Crippen LogP contribution in [0.5, 0.6) is 0 Å². The van der Waals surface area contributed by atoms with Crippen molar-refractivity contribution < 1.29 is 0 Å². The molecule has 2 heterocycles. The fourth-order valence-electron chi connectivity index (χ4n) is 2.13. The maximum absolute atomic E-state index is 4.63. The Balaban J connectivity index is 2.22. The van der Waals surface area contributed by atoms with Crippen molar-refractivity contribution in [1.82, 2.24) is 9.38 Å². The molecule has 0 aliphatic heterocycles. The minimum Gasteiger partial charge on any atom is -0.302 e. The first-order valence-electron chi connectivity index (χ1n) is 5.40. The topological polar surface area (TPSA) is 17.3 Å². The zero-order chi connectivity index (χ0) is 10.4.